The quantitative estimate of drug-likeness (QED) is 0.861. The van der Waals surface area contributed by atoms with Gasteiger partial charge in [-0.2, -0.15) is 0 Å². The number of ether oxygens (including phenoxy) is 2. The first-order valence-electron chi connectivity index (χ1n) is 5.45. The van der Waals surface area contributed by atoms with E-state index in [9.17, 15) is 5.11 Å². The van der Waals surface area contributed by atoms with E-state index >= 15 is 0 Å². The minimum atomic E-state index is -0.777. The van der Waals surface area contributed by atoms with Crippen molar-refractivity contribution >= 4 is 0 Å². The summed E-state index contributed by atoms with van der Waals surface area (Å²) in [7, 11) is 0. The highest BCUT2D eigenvalue weighted by atomic mass is 16.6. The molecule has 1 aromatic carbocycles. The second kappa shape index (κ2) is 4.14. The average molecular weight is 232 g/mol. The van der Waals surface area contributed by atoms with Crippen molar-refractivity contribution < 1.29 is 19.0 Å². The third-order valence-electron chi connectivity index (χ3n) is 2.69. The van der Waals surface area contributed by atoms with E-state index in [1.165, 1.54) is 6.26 Å². The van der Waals surface area contributed by atoms with Crippen LogP contribution in [0, 0.1) is 0 Å². The van der Waals surface area contributed by atoms with Gasteiger partial charge < -0.3 is 19.0 Å². The fourth-order valence-electron chi connectivity index (χ4n) is 1.84. The highest BCUT2D eigenvalue weighted by Gasteiger charge is 2.17. The SMILES string of the molecule is O[C@H](c1ccc2c(c1)OCCO2)c1ccco1. The van der Waals surface area contributed by atoms with E-state index in [1.807, 2.05) is 0 Å². The van der Waals surface area contributed by atoms with E-state index in [-0.39, 0.29) is 0 Å². The van der Waals surface area contributed by atoms with Crippen molar-refractivity contribution in [3.05, 3.63) is 47.9 Å². The molecule has 4 heteroatoms. The van der Waals surface area contributed by atoms with Crippen molar-refractivity contribution in [1.29, 1.82) is 0 Å². The van der Waals surface area contributed by atoms with Crippen molar-refractivity contribution in [2.75, 3.05) is 13.2 Å². The summed E-state index contributed by atoms with van der Waals surface area (Å²) in [5.41, 5.74) is 0.726. The molecule has 1 aliphatic heterocycles. The summed E-state index contributed by atoms with van der Waals surface area (Å²) >= 11 is 0. The van der Waals surface area contributed by atoms with Gasteiger partial charge in [-0.25, -0.2) is 0 Å². The summed E-state index contributed by atoms with van der Waals surface area (Å²) in [6.07, 6.45) is 0.761. The number of benzene rings is 1. The summed E-state index contributed by atoms with van der Waals surface area (Å²) in [6.45, 7) is 1.10. The van der Waals surface area contributed by atoms with Crippen LogP contribution in [-0.2, 0) is 0 Å². The fraction of sp³-hybridized carbons (Fsp3) is 0.231. The Morgan fingerprint density at radius 1 is 1.06 bits per heavy atom. The zero-order valence-electron chi connectivity index (χ0n) is 9.13. The van der Waals surface area contributed by atoms with Crippen LogP contribution in [0.2, 0.25) is 0 Å². The van der Waals surface area contributed by atoms with E-state index in [0.717, 1.165) is 5.56 Å². The normalized spacial score (nSPS) is 15.6. The second-order valence-electron chi connectivity index (χ2n) is 3.82. The van der Waals surface area contributed by atoms with Gasteiger partial charge in [-0.1, -0.05) is 6.07 Å². The fourth-order valence-corrected chi connectivity index (χ4v) is 1.84. The van der Waals surface area contributed by atoms with Gasteiger partial charge in [0, 0.05) is 0 Å². The third kappa shape index (κ3) is 1.87. The van der Waals surface area contributed by atoms with Crippen LogP contribution >= 0.6 is 0 Å². The highest BCUT2D eigenvalue weighted by Crippen LogP contribution is 2.34. The molecular weight excluding hydrogens is 220 g/mol. The molecule has 0 saturated heterocycles. The second-order valence-corrected chi connectivity index (χ2v) is 3.82. The summed E-state index contributed by atoms with van der Waals surface area (Å²) in [5.74, 6) is 1.90. The topological polar surface area (TPSA) is 51.8 Å². The molecule has 0 bridgehead atoms. The maximum Gasteiger partial charge on any atom is 0.161 e. The Morgan fingerprint density at radius 2 is 1.88 bits per heavy atom. The molecule has 2 aromatic rings. The van der Waals surface area contributed by atoms with Gasteiger partial charge in [-0.15, -0.1) is 0 Å². The smallest absolute Gasteiger partial charge is 0.161 e. The Kier molecular flexibility index (Phi) is 2.49. The number of aliphatic hydroxyl groups is 1. The van der Waals surface area contributed by atoms with Crippen LogP contribution in [0.3, 0.4) is 0 Å². The zero-order chi connectivity index (χ0) is 11.7. The molecule has 0 spiro atoms. The molecule has 0 fully saturated rings. The number of hydrogen-bond donors (Lipinski definition) is 1. The van der Waals surface area contributed by atoms with Gasteiger partial charge in [0.2, 0.25) is 0 Å². The Hall–Kier alpha value is -1.94. The molecule has 0 saturated carbocycles. The van der Waals surface area contributed by atoms with E-state index in [0.29, 0.717) is 30.5 Å². The molecule has 0 aliphatic carbocycles. The molecule has 0 unspecified atom stereocenters. The Labute approximate surface area is 98.4 Å². The van der Waals surface area contributed by atoms with Gasteiger partial charge >= 0.3 is 0 Å². The van der Waals surface area contributed by atoms with Gasteiger partial charge in [0.15, 0.2) is 11.5 Å². The molecule has 4 nitrogen and oxygen atoms in total. The van der Waals surface area contributed by atoms with Crippen LogP contribution in [0.25, 0.3) is 0 Å². The monoisotopic (exact) mass is 232 g/mol. The largest absolute Gasteiger partial charge is 0.486 e. The summed E-state index contributed by atoms with van der Waals surface area (Å²) in [4.78, 5) is 0. The van der Waals surface area contributed by atoms with Crippen molar-refractivity contribution in [2.24, 2.45) is 0 Å². The summed E-state index contributed by atoms with van der Waals surface area (Å²) in [6, 6.07) is 8.87. The van der Waals surface area contributed by atoms with E-state index in [4.69, 9.17) is 13.9 Å². The molecule has 2 heterocycles. The number of rotatable bonds is 2. The lowest BCUT2D eigenvalue weighted by Crippen LogP contribution is -2.15. The molecule has 0 radical (unpaired) electrons. The minimum Gasteiger partial charge on any atom is -0.486 e. The van der Waals surface area contributed by atoms with Crippen molar-refractivity contribution in [1.82, 2.24) is 0 Å². The standard InChI is InChI=1S/C13H12O4/c14-13(11-2-1-5-15-11)9-3-4-10-12(8-9)17-7-6-16-10/h1-5,8,13-14H,6-7H2/t13-/m1/s1. The summed E-state index contributed by atoms with van der Waals surface area (Å²) in [5, 5.41) is 10.1. The van der Waals surface area contributed by atoms with Crippen molar-refractivity contribution in [3.63, 3.8) is 0 Å². The predicted molar refractivity (Wildman–Crippen MR) is 60.2 cm³/mol. The number of furan rings is 1. The molecule has 1 N–H and O–H groups in total. The van der Waals surface area contributed by atoms with Gasteiger partial charge in [0.25, 0.3) is 0 Å². The molecule has 88 valence electrons. The molecule has 1 aromatic heterocycles. The third-order valence-corrected chi connectivity index (χ3v) is 2.69. The van der Waals surface area contributed by atoms with Crippen LogP contribution in [-0.4, -0.2) is 18.3 Å². The molecule has 17 heavy (non-hydrogen) atoms. The first-order chi connectivity index (χ1) is 8.34. The van der Waals surface area contributed by atoms with Crippen LogP contribution in [0.15, 0.2) is 41.0 Å². The lowest BCUT2D eigenvalue weighted by Gasteiger charge is -2.19. The lowest BCUT2D eigenvalue weighted by molar-refractivity contribution is 0.167. The maximum absolute atomic E-state index is 10.1. The average Bonchev–Trinajstić information content (AvgIpc) is 2.91. The van der Waals surface area contributed by atoms with Crippen molar-refractivity contribution in [3.8, 4) is 11.5 Å². The molecular formula is C13H12O4. The number of hydrogen-bond acceptors (Lipinski definition) is 4. The predicted octanol–water partition coefficient (Wildman–Crippen LogP) is 2.13. The van der Waals surface area contributed by atoms with Crippen LogP contribution in [0.4, 0.5) is 0 Å². The molecule has 3 rings (SSSR count). The van der Waals surface area contributed by atoms with E-state index < -0.39 is 6.10 Å². The first-order valence-corrected chi connectivity index (χ1v) is 5.45. The summed E-state index contributed by atoms with van der Waals surface area (Å²) < 4.78 is 16.1. The Balaban J connectivity index is 1.93. The Bertz CT molecular complexity index is 504. The van der Waals surface area contributed by atoms with Crippen molar-refractivity contribution in [2.45, 2.75) is 6.10 Å². The van der Waals surface area contributed by atoms with Gasteiger partial charge in [0.1, 0.15) is 25.1 Å². The van der Waals surface area contributed by atoms with Gasteiger partial charge in [-0.3, -0.25) is 0 Å². The maximum atomic E-state index is 10.1. The molecule has 1 aliphatic rings. The van der Waals surface area contributed by atoms with Gasteiger partial charge in [0.05, 0.1) is 6.26 Å². The van der Waals surface area contributed by atoms with Crippen LogP contribution in [0.5, 0.6) is 11.5 Å². The zero-order valence-corrected chi connectivity index (χ0v) is 9.13. The van der Waals surface area contributed by atoms with Gasteiger partial charge in [-0.05, 0) is 29.8 Å². The number of aliphatic hydroxyl groups excluding tert-OH is 1. The molecule has 0 amide bonds. The lowest BCUT2D eigenvalue weighted by atomic mass is 10.1. The Morgan fingerprint density at radius 3 is 2.65 bits per heavy atom. The van der Waals surface area contributed by atoms with E-state index in [1.54, 1.807) is 30.3 Å². The van der Waals surface area contributed by atoms with Crippen LogP contribution < -0.4 is 9.47 Å². The molecule has 1 atom stereocenters. The van der Waals surface area contributed by atoms with E-state index in [2.05, 4.69) is 0 Å². The van der Waals surface area contributed by atoms with Crippen LogP contribution in [0.1, 0.15) is 17.4 Å². The number of fused-ring (bicyclic) bond motifs is 1. The highest BCUT2D eigenvalue weighted by molar-refractivity contribution is 5.45. The first kappa shape index (κ1) is 10.2. The minimum absolute atomic E-state index is 0.515.